The first-order chi connectivity index (χ1) is 12.1. The van der Waals surface area contributed by atoms with Crippen LogP contribution < -0.4 is 4.90 Å². The third kappa shape index (κ3) is 3.70. The van der Waals surface area contributed by atoms with Crippen molar-refractivity contribution in [2.75, 3.05) is 18.0 Å². The van der Waals surface area contributed by atoms with E-state index < -0.39 is 0 Å². The molecule has 2 aromatic heterocycles. The molecule has 0 saturated carbocycles. The number of aromatic nitrogens is 3. The molecule has 0 radical (unpaired) electrons. The number of halogens is 1. The molecule has 0 atom stereocenters. The second kappa shape index (κ2) is 8.54. The Labute approximate surface area is 162 Å². The number of nitrogens with zero attached hydrogens (tertiary/aromatic N) is 4. The highest BCUT2D eigenvalue weighted by atomic mass is 35.5. The first-order valence-electron chi connectivity index (χ1n) is 9.22. The van der Waals surface area contributed by atoms with Gasteiger partial charge in [0.2, 0.25) is 0 Å². The second-order valence-corrected chi connectivity index (χ2v) is 6.85. The third-order valence-corrected chi connectivity index (χ3v) is 4.63. The molecule has 0 amide bonds. The van der Waals surface area contributed by atoms with Crippen molar-refractivity contribution in [3.05, 3.63) is 47.4 Å². The molecule has 2 heterocycles. The summed E-state index contributed by atoms with van der Waals surface area (Å²) in [6.45, 7) is 13.0. The smallest absolute Gasteiger partial charge is 0.165 e. The van der Waals surface area contributed by atoms with Crippen LogP contribution in [0.5, 0.6) is 0 Å². The van der Waals surface area contributed by atoms with Gasteiger partial charge in [-0.3, -0.25) is 9.38 Å². The average molecular weight is 373 g/mol. The minimum atomic E-state index is 0. The van der Waals surface area contributed by atoms with E-state index in [2.05, 4.69) is 56.1 Å². The molecule has 1 aromatic carbocycles. The Morgan fingerprint density at radius 1 is 0.962 bits per heavy atom. The quantitative estimate of drug-likeness (QED) is 0.583. The predicted octanol–water partition coefficient (Wildman–Crippen LogP) is 5.37. The monoisotopic (exact) mass is 372 g/mol. The van der Waals surface area contributed by atoms with Crippen LogP contribution >= 0.6 is 12.4 Å². The number of fused-ring (bicyclic) bond motifs is 1. The number of anilines is 1. The summed E-state index contributed by atoms with van der Waals surface area (Å²) < 4.78 is 2.19. The number of benzene rings is 1. The molecule has 140 valence electrons. The number of hydrogen-bond acceptors (Lipinski definition) is 3. The van der Waals surface area contributed by atoms with Crippen LogP contribution in [0, 0.1) is 20.8 Å². The van der Waals surface area contributed by atoms with Gasteiger partial charge in [-0.2, -0.15) is 0 Å². The molecule has 0 aliphatic carbocycles. The lowest BCUT2D eigenvalue weighted by Crippen LogP contribution is -2.26. The van der Waals surface area contributed by atoms with E-state index in [0.29, 0.717) is 0 Å². The predicted molar refractivity (Wildman–Crippen MR) is 113 cm³/mol. The van der Waals surface area contributed by atoms with Crippen LogP contribution in [0.4, 0.5) is 5.82 Å². The molecule has 0 unspecified atom stereocenters. The SMILES string of the molecule is CCCN(CCC)c1cnc2c(-c3c(C)cc(C)cc3C)nccn12.Cl. The number of hydrogen-bond donors (Lipinski definition) is 0. The van der Waals surface area contributed by atoms with Crippen LogP contribution in [-0.2, 0) is 0 Å². The van der Waals surface area contributed by atoms with Gasteiger partial charge in [-0.15, -0.1) is 12.4 Å². The largest absolute Gasteiger partial charge is 0.356 e. The number of rotatable bonds is 6. The molecule has 3 aromatic rings. The zero-order valence-electron chi connectivity index (χ0n) is 16.4. The molecular formula is C21H29ClN4. The van der Waals surface area contributed by atoms with Gasteiger partial charge in [0.05, 0.1) is 6.20 Å². The van der Waals surface area contributed by atoms with Gasteiger partial charge in [0.1, 0.15) is 11.5 Å². The van der Waals surface area contributed by atoms with Crippen molar-refractivity contribution in [3.63, 3.8) is 0 Å². The molecule has 0 N–H and O–H groups in total. The molecular weight excluding hydrogens is 344 g/mol. The van der Waals surface area contributed by atoms with Crippen LogP contribution in [0.15, 0.2) is 30.7 Å². The van der Waals surface area contributed by atoms with Crippen molar-refractivity contribution in [3.8, 4) is 11.3 Å². The van der Waals surface area contributed by atoms with E-state index in [4.69, 9.17) is 9.97 Å². The van der Waals surface area contributed by atoms with Crippen molar-refractivity contribution >= 4 is 23.9 Å². The van der Waals surface area contributed by atoms with E-state index in [0.717, 1.165) is 43.1 Å². The first kappa shape index (κ1) is 20.2. The van der Waals surface area contributed by atoms with Gasteiger partial charge in [-0.05, 0) is 44.7 Å². The maximum absolute atomic E-state index is 4.74. The Balaban J connectivity index is 0.00000243. The summed E-state index contributed by atoms with van der Waals surface area (Å²) in [5, 5.41) is 0. The van der Waals surface area contributed by atoms with Crippen LogP contribution in [0.2, 0.25) is 0 Å². The highest BCUT2D eigenvalue weighted by Crippen LogP contribution is 2.31. The fourth-order valence-corrected chi connectivity index (χ4v) is 3.75. The van der Waals surface area contributed by atoms with E-state index >= 15 is 0 Å². The molecule has 0 aliphatic heterocycles. The highest BCUT2D eigenvalue weighted by molar-refractivity contribution is 5.85. The molecule has 0 saturated heterocycles. The lowest BCUT2D eigenvalue weighted by molar-refractivity contribution is 0.731. The van der Waals surface area contributed by atoms with E-state index in [1.165, 1.54) is 22.3 Å². The summed E-state index contributed by atoms with van der Waals surface area (Å²) in [6, 6.07) is 4.44. The summed E-state index contributed by atoms with van der Waals surface area (Å²) in [5.41, 5.74) is 6.89. The van der Waals surface area contributed by atoms with Gasteiger partial charge >= 0.3 is 0 Å². The molecule has 0 fully saturated rings. The molecule has 4 nitrogen and oxygen atoms in total. The summed E-state index contributed by atoms with van der Waals surface area (Å²) in [5.74, 6) is 1.16. The normalized spacial score (nSPS) is 10.8. The maximum Gasteiger partial charge on any atom is 0.165 e. The van der Waals surface area contributed by atoms with Crippen LogP contribution in [0.1, 0.15) is 43.4 Å². The van der Waals surface area contributed by atoms with Gasteiger partial charge < -0.3 is 4.90 Å². The summed E-state index contributed by atoms with van der Waals surface area (Å²) in [4.78, 5) is 11.9. The Hall–Kier alpha value is -2.07. The van der Waals surface area contributed by atoms with Crippen molar-refractivity contribution < 1.29 is 0 Å². The lowest BCUT2D eigenvalue weighted by atomic mass is 9.97. The lowest BCUT2D eigenvalue weighted by Gasteiger charge is -2.22. The Bertz CT molecular complexity index is 856. The van der Waals surface area contributed by atoms with E-state index in [9.17, 15) is 0 Å². The van der Waals surface area contributed by atoms with Crippen LogP contribution in [0.25, 0.3) is 16.9 Å². The van der Waals surface area contributed by atoms with E-state index in [1.807, 2.05) is 18.6 Å². The maximum atomic E-state index is 4.74. The fraction of sp³-hybridized carbons (Fsp3) is 0.429. The Morgan fingerprint density at radius 3 is 2.15 bits per heavy atom. The van der Waals surface area contributed by atoms with Gasteiger partial charge in [0.15, 0.2) is 5.65 Å². The van der Waals surface area contributed by atoms with Crippen molar-refractivity contribution in [2.45, 2.75) is 47.5 Å². The molecule has 3 rings (SSSR count). The van der Waals surface area contributed by atoms with E-state index in [1.54, 1.807) is 0 Å². The zero-order valence-corrected chi connectivity index (χ0v) is 17.2. The van der Waals surface area contributed by atoms with Crippen LogP contribution in [0.3, 0.4) is 0 Å². The van der Waals surface area contributed by atoms with E-state index in [-0.39, 0.29) is 12.4 Å². The zero-order chi connectivity index (χ0) is 18.0. The highest BCUT2D eigenvalue weighted by Gasteiger charge is 2.17. The van der Waals surface area contributed by atoms with Gasteiger partial charge in [0, 0.05) is 31.0 Å². The molecule has 0 aliphatic rings. The topological polar surface area (TPSA) is 33.4 Å². The number of aryl methyl sites for hydroxylation is 3. The standard InChI is InChI=1S/C21H28N4.ClH/c1-6-9-24(10-7-2)18-14-23-21-20(22-8-11-25(18)21)19-16(4)12-15(3)13-17(19)5;/h8,11-14H,6-7,9-10H2,1-5H3;1H. The van der Waals surface area contributed by atoms with Gasteiger partial charge in [-0.1, -0.05) is 31.5 Å². The van der Waals surface area contributed by atoms with Crippen LogP contribution in [-0.4, -0.2) is 27.5 Å². The van der Waals surface area contributed by atoms with Gasteiger partial charge in [-0.25, -0.2) is 4.98 Å². The average Bonchev–Trinajstić information content (AvgIpc) is 2.98. The number of imidazole rings is 1. The Morgan fingerprint density at radius 2 is 1.58 bits per heavy atom. The summed E-state index contributed by atoms with van der Waals surface area (Å²) in [7, 11) is 0. The molecule has 0 bridgehead atoms. The molecule has 0 spiro atoms. The fourth-order valence-electron chi connectivity index (χ4n) is 3.75. The second-order valence-electron chi connectivity index (χ2n) is 6.85. The Kier molecular flexibility index (Phi) is 6.65. The van der Waals surface area contributed by atoms with Crippen molar-refractivity contribution in [2.24, 2.45) is 0 Å². The minimum absolute atomic E-state index is 0. The van der Waals surface area contributed by atoms with Gasteiger partial charge in [0.25, 0.3) is 0 Å². The van der Waals surface area contributed by atoms with Crippen molar-refractivity contribution in [1.82, 2.24) is 14.4 Å². The molecule has 5 heteroatoms. The first-order valence-corrected chi connectivity index (χ1v) is 9.22. The minimum Gasteiger partial charge on any atom is -0.356 e. The third-order valence-electron chi connectivity index (χ3n) is 4.63. The summed E-state index contributed by atoms with van der Waals surface area (Å²) in [6.07, 6.45) is 8.16. The van der Waals surface area contributed by atoms with Crippen molar-refractivity contribution in [1.29, 1.82) is 0 Å². The molecule has 26 heavy (non-hydrogen) atoms. The summed E-state index contributed by atoms with van der Waals surface area (Å²) >= 11 is 0.